The van der Waals surface area contributed by atoms with E-state index in [4.69, 9.17) is 5.10 Å². The van der Waals surface area contributed by atoms with Crippen molar-refractivity contribution in [3.05, 3.63) is 96.2 Å². The summed E-state index contributed by atoms with van der Waals surface area (Å²) in [5.74, 6) is -1.90. The maximum atomic E-state index is 13.5. The van der Waals surface area contributed by atoms with E-state index >= 15 is 0 Å². The van der Waals surface area contributed by atoms with Gasteiger partial charge in [-0.25, -0.2) is 9.37 Å². The molecule has 7 heteroatoms. The zero-order chi connectivity index (χ0) is 20.4. The molecule has 0 saturated heterocycles. The van der Waals surface area contributed by atoms with E-state index in [0.717, 1.165) is 29.6 Å². The molecule has 0 aliphatic rings. The number of para-hydroxylation sites is 1. The van der Waals surface area contributed by atoms with E-state index in [1.54, 1.807) is 10.7 Å². The Morgan fingerprint density at radius 2 is 1.87 bits per heavy atom. The van der Waals surface area contributed by atoms with Crippen LogP contribution in [-0.2, 0) is 26.5 Å². The smallest absolute Gasteiger partial charge is 0.316 e. The Hall–Kier alpha value is -2.72. The first-order valence-electron chi connectivity index (χ1n) is 9.26. The molecule has 4 aromatic rings. The standard InChI is InChI=1S/C23H18F2N4.Pt/c1-3-23(2,20-12-13-29(28-20)17-8-5-4-6-9-17)19-11-7-10-18(26-19)16-14-21(24)27-22(25)15-16;/h4-8,10-14H,3H2,1-2H3;/q-2;+2. The summed E-state index contributed by atoms with van der Waals surface area (Å²) in [6.45, 7) is 4.11. The van der Waals surface area contributed by atoms with Crippen molar-refractivity contribution < 1.29 is 29.8 Å². The van der Waals surface area contributed by atoms with Gasteiger partial charge in [0.2, 0.25) is 0 Å². The molecule has 1 atom stereocenters. The summed E-state index contributed by atoms with van der Waals surface area (Å²) >= 11 is 0. The van der Waals surface area contributed by atoms with Gasteiger partial charge in [-0.2, -0.15) is 39.3 Å². The van der Waals surface area contributed by atoms with Crippen molar-refractivity contribution in [3.63, 3.8) is 0 Å². The molecular formula is C23H18F2N4Pt. The topological polar surface area (TPSA) is 43.6 Å². The Labute approximate surface area is 188 Å². The monoisotopic (exact) mass is 583 g/mol. The van der Waals surface area contributed by atoms with Gasteiger partial charge in [0.15, 0.2) is 11.9 Å². The fourth-order valence-corrected chi connectivity index (χ4v) is 3.22. The van der Waals surface area contributed by atoms with Crippen molar-refractivity contribution in [1.29, 1.82) is 0 Å². The van der Waals surface area contributed by atoms with Crippen LogP contribution in [0.3, 0.4) is 0 Å². The molecule has 1 unspecified atom stereocenters. The summed E-state index contributed by atoms with van der Waals surface area (Å²) in [5, 5.41) is 4.74. The van der Waals surface area contributed by atoms with E-state index < -0.39 is 17.3 Å². The fraction of sp³-hybridized carbons (Fsp3) is 0.174. The number of hydrogen-bond acceptors (Lipinski definition) is 3. The summed E-state index contributed by atoms with van der Waals surface area (Å²) in [6, 6.07) is 21.7. The van der Waals surface area contributed by atoms with Crippen LogP contribution in [0.15, 0.2) is 60.8 Å². The molecular weight excluding hydrogens is 565 g/mol. The minimum atomic E-state index is -0.997. The first-order chi connectivity index (χ1) is 14.0. The van der Waals surface area contributed by atoms with Crippen molar-refractivity contribution in [2.45, 2.75) is 25.7 Å². The first kappa shape index (κ1) is 22.0. The van der Waals surface area contributed by atoms with Crippen LogP contribution in [0.25, 0.3) is 16.9 Å². The van der Waals surface area contributed by atoms with Crippen LogP contribution >= 0.6 is 0 Å². The quantitative estimate of drug-likeness (QED) is 0.248. The molecule has 30 heavy (non-hydrogen) atoms. The van der Waals surface area contributed by atoms with Crippen molar-refractivity contribution in [3.8, 4) is 16.9 Å². The molecule has 0 fully saturated rings. The van der Waals surface area contributed by atoms with Crippen LogP contribution in [0, 0.1) is 24.0 Å². The Bertz CT molecular complexity index is 1130. The van der Waals surface area contributed by atoms with Gasteiger partial charge in [0.1, 0.15) is 0 Å². The SMILES string of the molecule is CCC(C)(c1cccc(-c2[c-]c(F)nc(F)c2)n1)c1ccn(-c2[c-]cccc2)n1.[Pt+2]. The van der Waals surface area contributed by atoms with Crippen LogP contribution in [0.2, 0.25) is 0 Å². The van der Waals surface area contributed by atoms with Crippen LogP contribution in [0.4, 0.5) is 8.78 Å². The largest absolute Gasteiger partial charge is 2.00 e. The molecule has 3 heterocycles. The molecule has 4 rings (SSSR count). The summed E-state index contributed by atoms with van der Waals surface area (Å²) in [7, 11) is 0. The Kier molecular flexibility index (Phi) is 6.57. The molecule has 0 amide bonds. The molecule has 0 aliphatic heterocycles. The third kappa shape index (κ3) is 4.24. The van der Waals surface area contributed by atoms with Gasteiger partial charge >= 0.3 is 21.1 Å². The number of hydrogen-bond donors (Lipinski definition) is 0. The second kappa shape index (κ2) is 8.97. The van der Waals surface area contributed by atoms with Gasteiger partial charge in [-0.05, 0) is 36.9 Å². The van der Waals surface area contributed by atoms with Crippen molar-refractivity contribution in [2.75, 3.05) is 0 Å². The number of pyridine rings is 2. The zero-order valence-corrected chi connectivity index (χ0v) is 18.6. The number of halogens is 2. The fourth-order valence-electron chi connectivity index (χ4n) is 3.22. The van der Waals surface area contributed by atoms with E-state index in [2.05, 4.69) is 35.9 Å². The van der Waals surface area contributed by atoms with Crippen molar-refractivity contribution in [1.82, 2.24) is 19.7 Å². The molecule has 0 N–H and O–H groups in total. The normalized spacial score (nSPS) is 12.8. The zero-order valence-electron chi connectivity index (χ0n) is 16.3. The van der Waals surface area contributed by atoms with Gasteiger partial charge in [-0.15, -0.1) is 18.2 Å². The third-order valence-electron chi connectivity index (χ3n) is 5.10. The Morgan fingerprint density at radius 3 is 2.57 bits per heavy atom. The van der Waals surface area contributed by atoms with Gasteiger partial charge in [0.05, 0.1) is 11.1 Å². The molecule has 0 saturated carbocycles. The summed E-state index contributed by atoms with van der Waals surface area (Å²) in [5.41, 5.74) is 2.61. The van der Waals surface area contributed by atoms with Crippen molar-refractivity contribution >= 4 is 0 Å². The Morgan fingerprint density at radius 1 is 1.03 bits per heavy atom. The Balaban J connectivity index is 0.00000256. The van der Waals surface area contributed by atoms with Crippen LogP contribution < -0.4 is 0 Å². The first-order valence-corrected chi connectivity index (χ1v) is 9.26. The number of benzene rings is 1. The van der Waals surface area contributed by atoms with Gasteiger partial charge in [-0.3, -0.25) is 4.68 Å². The summed E-state index contributed by atoms with van der Waals surface area (Å²) < 4.78 is 28.8. The molecule has 1 aromatic carbocycles. The van der Waals surface area contributed by atoms with Crippen LogP contribution in [0.5, 0.6) is 0 Å². The van der Waals surface area contributed by atoms with Crippen molar-refractivity contribution in [2.24, 2.45) is 0 Å². The van der Waals surface area contributed by atoms with E-state index in [1.807, 2.05) is 48.7 Å². The second-order valence-corrected chi connectivity index (χ2v) is 6.90. The number of rotatable bonds is 5. The van der Waals surface area contributed by atoms with E-state index in [0.29, 0.717) is 5.69 Å². The molecule has 0 spiro atoms. The number of nitrogens with zero attached hydrogens (tertiary/aromatic N) is 4. The average molecular weight is 583 g/mol. The predicted molar refractivity (Wildman–Crippen MR) is 105 cm³/mol. The molecule has 4 nitrogen and oxygen atoms in total. The second-order valence-electron chi connectivity index (χ2n) is 6.90. The van der Waals surface area contributed by atoms with Gasteiger partial charge in [0.25, 0.3) is 0 Å². The summed E-state index contributed by atoms with van der Waals surface area (Å²) in [4.78, 5) is 7.77. The molecule has 3 aromatic heterocycles. The minimum absolute atomic E-state index is 0. The number of aromatic nitrogens is 4. The maximum Gasteiger partial charge on any atom is 2.00 e. The third-order valence-corrected chi connectivity index (χ3v) is 5.10. The maximum absolute atomic E-state index is 13.5. The molecule has 0 aliphatic carbocycles. The summed E-state index contributed by atoms with van der Waals surface area (Å²) in [6.07, 6.45) is 2.63. The van der Waals surface area contributed by atoms with Crippen LogP contribution in [0.1, 0.15) is 31.7 Å². The molecule has 0 radical (unpaired) electrons. The van der Waals surface area contributed by atoms with E-state index in [-0.39, 0.29) is 26.6 Å². The minimum Gasteiger partial charge on any atom is -0.316 e. The van der Waals surface area contributed by atoms with E-state index in [9.17, 15) is 8.78 Å². The van der Waals surface area contributed by atoms with Gasteiger partial charge < -0.3 is 4.98 Å². The van der Waals surface area contributed by atoms with Gasteiger partial charge in [-0.1, -0.05) is 19.1 Å². The van der Waals surface area contributed by atoms with E-state index in [1.165, 1.54) is 0 Å². The average Bonchev–Trinajstić information content (AvgIpc) is 3.24. The predicted octanol–water partition coefficient (Wildman–Crippen LogP) is 4.92. The van der Waals surface area contributed by atoms with Crippen LogP contribution in [-0.4, -0.2) is 19.7 Å². The van der Waals surface area contributed by atoms with Gasteiger partial charge in [0, 0.05) is 11.9 Å². The molecule has 0 bridgehead atoms. The molecule has 154 valence electrons.